The number of likely N-dealkylation sites (tertiary alicyclic amines) is 1. The first-order valence-corrected chi connectivity index (χ1v) is 11.3. The largest absolute Gasteiger partial charge is 0.489 e. The van der Waals surface area contributed by atoms with Gasteiger partial charge in [0.25, 0.3) is 0 Å². The predicted octanol–water partition coefficient (Wildman–Crippen LogP) is 4.92. The zero-order valence-corrected chi connectivity index (χ0v) is 19.5. The number of nitrogens with zero attached hydrogens (tertiary/aromatic N) is 1. The van der Waals surface area contributed by atoms with Gasteiger partial charge in [0, 0.05) is 49.4 Å². The predicted molar refractivity (Wildman–Crippen MR) is 127 cm³/mol. The molecule has 0 saturated carbocycles. The zero-order chi connectivity index (χ0) is 22.4. The Morgan fingerprint density at radius 1 is 1.16 bits per heavy atom. The molecule has 0 aliphatic carbocycles. The highest BCUT2D eigenvalue weighted by atomic mass is 35.5. The van der Waals surface area contributed by atoms with Crippen molar-refractivity contribution in [3.63, 3.8) is 0 Å². The number of hydrogen-bond acceptors (Lipinski definition) is 5. The van der Waals surface area contributed by atoms with Crippen LogP contribution in [0.15, 0.2) is 36.4 Å². The molecule has 3 rings (SSSR count). The molecule has 1 saturated heterocycles. The van der Waals surface area contributed by atoms with E-state index in [0.29, 0.717) is 39.1 Å². The molecule has 1 aliphatic heterocycles. The molecule has 1 atom stereocenters. The summed E-state index contributed by atoms with van der Waals surface area (Å²) in [6, 6.07) is 10.9. The van der Waals surface area contributed by atoms with Gasteiger partial charge in [-0.3, -0.25) is 4.79 Å². The highest BCUT2D eigenvalue weighted by molar-refractivity contribution is 6.42. The number of aliphatic hydroxyl groups excluding tert-OH is 1. The summed E-state index contributed by atoms with van der Waals surface area (Å²) in [5, 5.41) is 18.2. The molecule has 1 fully saturated rings. The molecule has 3 N–H and O–H groups in total. The van der Waals surface area contributed by atoms with Crippen molar-refractivity contribution < 1.29 is 14.6 Å². The van der Waals surface area contributed by atoms with Crippen LogP contribution in [-0.4, -0.2) is 54.3 Å². The minimum atomic E-state index is -0.663. The maximum absolute atomic E-state index is 11.4. The first-order chi connectivity index (χ1) is 14.8. The lowest BCUT2D eigenvalue weighted by atomic mass is 10.0. The van der Waals surface area contributed by atoms with E-state index in [4.69, 9.17) is 39.5 Å². The number of carbonyl (C=O) groups excluding carboxylic acids is 1. The van der Waals surface area contributed by atoms with Crippen LogP contribution in [0.2, 0.25) is 15.1 Å². The quantitative estimate of drug-likeness (QED) is 0.494. The van der Waals surface area contributed by atoms with Gasteiger partial charge in [-0.2, -0.15) is 0 Å². The number of β-amino-alcohol motifs (C(OH)–C–C–N with tert-alkyl or cyclic N) is 1. The minimum Gasteiger partial charge on any atom is -0.489 e. The van der Waals surface area contributed by atoms with Gasteiger partial charge >= 0.3 is 0 Å². The number of nitrogens with one attached hydrogen (secondary N) is 2. The summed E-state index contributed by atoms with van der Waals surface area (Å²) in [6.07, 6.45) is 1.24. The van der Waals surface area contributed by atoms with Crippen molar-refractivity contribution in [1.82, 2.24) is 4.90 Å². The normalized spacial score (nSPS) is 16.0. The summed E-state index contributed by atoms with van der Waals surface area (Å²) in [5.74, 6) is 0.233. The van der Waals surface area contributed by atoms with Crippen molar-refractivity contribution in [2.45, 2.75) is 31.9 Å². The Morgan fingerprint density at radius 2 is 1.90 bits per heavy atom. The molecule has 1 unspecified atom stereocenters. The molecule has 6 nitrogen and oxygen atoms in total. The molecule has 0 aromatic heterocycles. The van der Waals surface area contributed by atoms with Crippen LogP contribution >= 0.6 is 34.8 Å². The van der Waals surface area contributed by atoms with Gasteiger partial charge < -0.3 is 25.4 Å². The third-order valence-electron chi connectivity index (χ3n) is 5.03. The number of aliphatic hydroxyl groups is 1. The number of halogens is 3. The fourth-order valence-corrected chi connectivity index (χ4v) is 3.99. The smallest absolute Gasteiger partial charge is 0.221 e. The average molecular weight is 487 g/mol. The minimum absolute atomic E-state index is 0.106. The molecule has 0 radical (unpaired) electrons. The zero-order valence-electron chi connectivity index (χ0n) is 17.2. The van der Waals surface area contributed by atoms with E-state index in [1.165, 1.54) is 6.92 Å². The lowest BCUT2D eigenvalue weighted by Gasteiger charge is -2.34. The third kappa shape index (κ3) is 7.44. The topological polar surface area (TPSA) is 73.8 Å². The van der Waals surface area contributed by atoms with Gasteiger partial charge in [0.05, 0.1) is 15.7 Å². The van der Waals surface area contributed by atoms with E-state index in [0.717, 1.165) is 31.6 Å². The second kappa shape index (κ2) is 11.2. The molecule has 1 amide bonds. The van der Waals surface area contributed by atoms with E-state index in [-0.39, 0.29) is 12.5 Å². The maximum Gasteiger partial charge on any atom is 0.221 e. The fourth-order valence-electron chi connectivity index (χ4n) is 3.53. The molecule has 0 spiro atoms. The Morgan fingerprint density at radius 3 is 2.58 bits per heavy atom. The second-order valence-corrected chi connectivity index (χ2v) is 8.89. The van der Waals surface area contributed by atoms with Crippen LogP contribution in [0.25, 0.3) is 0 Å². The van der Waals surface area contributed by atoms with Crippen LogP contribution in [0, 0.1) is 0 Å². The van der Waals surface area contributed by atoms with Crippen LogP contribution < -0.4 is 15.4 Å². The number of anilines is 2. The van der Waals surface area contributed by atoms with Crippen LogP contribution in [0.1, 0.15) is 19.8 Å². The van der Waals surface area contributed by atoms with Crippen LogP contribution in [0.4, 0.5) is 11.4 Å². The lowest BCUT2D eigenvalue weighted by Crippen LogP contribution is -2.43. The molecule has 168 valence electrons. The molecule has 2 aromatic carbocycles. The van der Waals surface area contributed by atoms with E-state index >= 15 is 0 Å². The Balaban J connectivity index is 1.44. The van der Waals surface area contributed by atoms with E-state index in [1.807, 2.05) is 12.1 Å². The summed E-state index contributed by atoms with van der Waals surface area (Å²) in [7, 11) is 0. The SMILES string of the molecule is CC(=O)Nc1ccc(Cl)cc1OCC(O)CN1CCC(Nc2ccc(Cl)c(Cl)c2)CC1. The molecule has 2 aromatic rings. The van der Waals surface area contributed by atoms with Gasteiger partial charge in [-0.15, -0.1) is 0 Å². The van der Waals surface area contributed by atoms with Gasteiger partial charge in [0.2, 0.25) is 5.91 Å². The summed E-state index contributed by atoms with van der Waals surface area (Å²) in [5.41, 5.74) is 1.48. The molecule has 1 aliphatic rings. The van der Waals surface area contributed by atoms with Crippen LogP contribution in [0.5, 0.6) is 5.75 Å². The highest BCUT2D eigenvalue weighted by Gasteiger charge is 2.21. The van der Waals surface area contributed by atoms with Gasteiger partial charge in [0.1, 0.15) is 18.5 Å². The van der Waals surface area contributed by atoms with E-state index in [9.17, 15) is 9.90 Å². The van der Waals surface area contributed by atoms with Crippen LogP contribution in [-0.2, 0) is 4.79 Å². The molecular formula is C22H26Cl3N3O3. The van der Waals surface area contributed by atoms with Crippen molar-refractivity contribution in [3.8, 4) is 5.75 Å². The number of ether oxygens (including phenoxy) is 1. The Hall–Kier alpha value is -1.70. The highest BCUT2D eigenvalue weighted by Crippen LogP contribution is 2.29. The summed E-state index contributed by atoms with van der Waals surface area (Å²) < 4.78 is 5.73. The van der Waals surface area contributed by atoms with E-state index < -0.39 is 6.10 Å². The maximum atomic E-state index is 11.4. The summed E-state index contributed by atoms with van der Waals surface area (Å²) in [6.45, 7) is 3.77. The number of amides is 1. The van der Waals surface area contributed by atoms with Gasteiger partial charge in [-0.25, -0.2) is 0 Å². The standard InChI is InChI=1S/C22H26Cl3N3O3/c1-14(29)26-21-5-2-15(23)10-22(21)31-13-18(30)12-28-8-6-16(7-9-28)27-17-3-4-19(24)20(25)11-17/h2-5,10-11,16,18,27,30H,6-9,12-13H2,1H3,(H,26,29). The fraction of sp³-hybridized carbons (Fsp3) is 0.409. The van der Waals surface area contributed by atoms with Gasteiger partial charge in [-0.1, -0.05) is 34.8 Å². The number of rotatable bonds is 8. The van der Waals surface area contributed by atoms with Crippen molar-refractivity contribution in [1.29, 1.82) is 0 Å². The van der Waals surface area contributed by atoms with Gasteiger partial charge in [0.15, 0.2) is 0 Å². The number of piperidine rings is 1. The summed E-state index contributed by atoms with van der Waals surface area (Å²) in [4.78, 5) is 13.6. The lowest BCUT2D eigenvalue weighted by molar-refractivity contribution is -0.114. The molecule has 0 bridgehead atoms. The Kier molecular flexibility index (Phi) is 8.69. The number of hydrogen-bond donors (Lipinski definition) is 3. The third-order valence-corrected chi connectivity index (χ3v) is 6.01. The summed E-state index contributed by atoms with van der Waals surface area (Å²) >= 11 is 18.1. The van der Waals surface area contributed by atoms with Crippen molar-refractivity contribution in [3.05, 3.63) is 51.5 Å². The molecule has 9 heteroatoms. The van der Waals surface area contributed by atoms with Crippen molar-refractivity contribution >= 4 is 52.1 Å². The Labute approximate surface area is 197 Å². The van der Waals surface area contributed by atoms with Gasteiger partial charge in [-0.05, 0) is 43.2 Å². The second-order valence-electron chi connectivity index (χ2n) is 7.63. The molecule has 31 heavy (non-hydrogen) atoms. The van der Waals surface area contributed by atoms with E-state index in [1.54, 1.807) is 24.3 Å². The molecule has 1 heterocycles. The van der Waals surface area contributed by atoms with Crippen molar-refractivity contribution in [2.75, 3.05) is 36.9 Å². The first kappa shape index (κ1) is 24.0. The van der Waals surface area contributed by atoms with Crippen LogP contribution in [0.3, 0.4) is 0 Å². The monoisotopic (exact) mass is 485 g/mol. The van der Waals surface area contributed by atoms with E-state index in [2.05, 4.69) is 15.5 Å². The Bertz CT molecular complexity index is 905. The molecular weight excluding hydrogens is 461 g/mol. The van der Waals surface area contributed by atoms with Crippen molar-refractivity contribution in [2.24, 2.45) is 0 Å². The number of carbonyl (C=O) groups is 1. The number of benzene rings is 2. The average Bonchev–Trinajstić information content (AvgIpc) is 2.72. The first-order valence-electron chi connectivity index (χ1n) is 10.1.